The van der Waals surface area contributed by atoms with E-state index in [2.05, 4.69) is 10.3 Å². The third-order valence-electron chi connectivity index (χ3n) is 2.34. The molecule has 2 heterocycles. The lowest BCUT2D eigenvalue weighted by atomic mass is 10.2. The van der Waals surface area contributed by atoms with Crippen molar-refractivity contribution in [3.63, 3.8) is 0 Å². The quantitative estimate of drug-likeness (QED) is 0.901. The lowest BCUT2D eigenvalue weighted by Gasteiger charge is -2.06. The molecule has 2 aromatic rings. The number of pyridine rings is 1. The van der Waals surface area contributed by atoms with Crippen LogP contribution < -0.4 is 5.32 Å². The van der Waals surface area contributed by atoms with Crippen LogP contribution >= 0.6 is 11.6 Å². The smallest absolute Gasteiger partial charge is 0.252 e. The van der Waals surface area contributed by atoms with Crippen molar-refractivity contribution in [3.05, 3.63) is 53.6 Å². The summed E-state index contributed by atoms with van der Waals surface area (Å²) >= 11 is 5.87. The molecule has 0 spiro atoms. The molecule has 0 aliphatic rings. The second-order valence-electron chi connectivity index (χ2n) is 3.53. The van der Waals surface area contributed by atoms with Gasteiger partial charge in [-0.2, -0.15) is 0 Å². The molecule has 0 aromatic carbocycles. The summed E-state index contributed by atoms with van der Waals surface area (Å²) in [5.74, 6) is -0.176. The summed E-state index contributed by atoms with van der Waals surface area (Å²) in [4.78, 5) is 15.6. The third kappa shape index (κ3) is 3.07. The third-order valence-corrected chi connectivity index (χ3v) is 2.64. The van der Waals surface area contributed by atoms with Crippen molar-refractivity contribution < 1.29 is 4.79 Å². The normalized spacial score (nSPS) is 10.2. The van der Waals surface area contributed by atoms with Crippen molar-refractivity contribution in [3.8, 4) is 0 Å². The van der Waals surface area contributed by atoms with Gasteiger partial charge >= 0.3 is 0 Å². The number of aromatic nitrogens is 2. The van der Waals surface area contributed by atoms with Gasteiger partial charge in [0.1, 0.15) is 0 Å². The van der Waals surface area contributed by atoms with Crippen LogP contribution in [0.5, 0.6) is 0 Å². The average Bonchev–Trinajstić information content (AvgIpc) is 2.82. The molecule has 2 aromatic heterocycles. The molecule has 4 nitrogen and oxygen atoms in total. The van der Waals surface area contributed by atoms with Crippen LogP contribution in [0.3, 0.4) is 0 Å². The second-order valence-corrected chi connectivity index (χ2v) is 3.94. The number of nitrogens with one attached hydrogen (secondary N) is 1. The molecule has 5 heteroatoms. The fraction of sp³-hybridized carbons (Fsp3) is 0.167. The number of amides is 1. The Morgan fingerprint density at radius 3 is 2.88 bits per heavy atom. The van der Waals surface area contributed by atoms with E-state index < -0.39 is 0 Å². The van der Waals surface area contributed by atoms with E-state index >= 15 is 0 Å². The van der Waals surface area contributed by atoms with E-state index in [1.165, 1.54) is 6.20 Å². The molecule has 0 saturated carbocycles. The largest absolute Gasteiger partial charge is 0.353 e. The Balaban J connectivity index is 1.88. The summed E-state index contributed by atoms with van der Waals surface area (Å²) in [6.45, 7) is 1.30. The highest BCUT2D eigenvalue weighted by Crippen LogP contribution is 2.12. The van der Waals surface area contributed by atoms with Gasteiger partial charge in [-0.3, -0.25) is 9.78 Å². The van der Waals surface area contributed by atoms with Gasteiger partial charge in [0, 0.05) is 37.9 Å². The van der Waals surface area contributed by atoms with E-state index in [1.807, 2.05) is 29.1 Å². The second kappa shape index (κ2) is 5.50. The molecular formula is C12H12ClN3O. The van der Waals surface area contributed by atoms with Crippen molar-refractivity contribution in [2.24, 2.45) is 0 Å². The van der Waals surface area contributed by atoms with Gasteiger partial charge in [-0.1, -0.05) is 11.6 Å². The van der Waals surface area contributed by atoms with Gasteiger partial charge in [0.05, 0.1) is 10.6 Å². The zero-order chi connectivity index (χ0) is 12.1. The van der Waals surface area contributed by atoms with Crippen molar-refractivity contribution in [2.45, 2.75) is 6.54 Å². The fourth-order valence-electron chi connectivity index (χ4n) is 1.47. The first kappa shape index (κ1) is 11.7. The Bertz CT molecular complexity index is 496. The molecule has 2 rings (SSSR count). The summed E-state index contributed by atoms with van der Waals surface area (Å²) in [6, 6.07) is 5.50. The van der Waals surface area contributed by atoms with E-state index in [4.69, 9.17) is 11.6 Å². The molecule has 88 valence electrons. The van der Waals surface area contributed by atoms with Gasteiger partial charge in [0.2, 0.25) is 0 Å². The predicted octanol–water partition coefficient (Wildman–Crippen LogP) is 1.97. The number of halogens is 1. The van der Waals surface area contributed by atoms with Crippen molar-refractivity contribution in [1.29, 1.82) is 0 Å². The van der Waals surface area contributed by atoms with E-state index in [9.17, 15) is 4.79 Å². The van der Waals surface area contributed by atoms with Crippen LogP contribution in [0.25, 0.3) is 0 Å². The summed E-state index contributed by atoms with van der Waals surface area (Å²) < 4.78 is 1.99. The summed E-state index contributed by atoms with van der Waals surface area (Å²) in [5, 5.41) is 3.17. The predicted molar refractivity (Wildman–Crippen MR) is 66.0 cm³/mol. The zero-order valence-electron chi connectivity index (χ0n) is 9.14. The standard InChI is InChI=1S/C12H12ClN3O/c13-11-9-14-4-3-10(11)12(17)15-5-8-16-6-1-2-7-16/h1-4,6-7,9H,5,8H2,(H,15,17). The van der Waals surface area contributed by atoms with Gasteiger partial charge < -0.3 is 9.88 Å². The minimum atomic E-state index is -0.176. The van der Waals surface area contributed by atoms with Crippen molar-refractivity contribution in [1.82, 2.24) is 14.9 Å². The maximum atomic E-state index is 11.8. The Hall–Kier alpha value is -1.81. The first-order valence-electron chi connectivity index (χ1n) is 5.26. The van der Waals surface area contributed by atoms with E-state index in [0.717, 1.165) is 6.54 Å². The molecule has 17 heavy (non-hydrogen) atoms. The van der Waals surface area contributed by atoms with Gasteiger partial charge in [0.15, 0.2) is 0 Å². The lowest BCUT2D eigenvalue weighted by molar-refractivity contribution is 0.0952. The number of carbonyl (C=O) groups excluding carboxylic acids is 1. The van der Waals surface area contributed by atoms with E-state index in [-0.39, 0.29) is 5.91 Å². The van der Waals surface area contributed by atoms with Crippen molar-refractivity contribution >= 4 is 17.5 Å². The van der Waals surface area contributed by atoms with Gasteiger partial charge in [-0.05, 0) is 18.2 Å². The first-order chi connectivity index (χ1) is 8.27. The minimum absolute atomic E-state index is 0.176. The maximum absolute atomic E-state index is 11.8. The highest BCUT2D eigenvalue weighted by molar-refractivity contribution is 6.33. The number of hydrogen-bond acceptors (Lipinski definition) is 2. The van der Waals surface area contributed by atoms with Gasteiger partial charge in [-0.25, -0.2) is 0 Å². The number of hydrogen-bond donors (Lipinski definition) is 1. The molecule has 0 unspecified atom stereocenters. The Morgan fingerprint density at radius 1 is 1.41 bits per heavy atom. The fourth-order valence-corrected chi connectivity index (χ4v) is 1.68. The highest BCUT2D eigenvalue weighted by atomic mass is 35.5. The summed E-state index contributed by atoms with van der Waals surface area (Å²) in [7, 11) is 0. The molecule has 1 N–H and O–H groups in total. The van der Waals surface area contributed by atoms with E-state index in [1.54, 1.807) is 12.3 Å². The van der Waals surface area contributed by atoms with Crippen LogP contribution in [0.1, 0.15) is 10.4 Å². The SMILES string of the molecule is O=C(NCCn1cccc1)c1ccncc1Cl. The molecule has 0 aliphatic heterocycles. The summed E-state index contributed by atoms with van der Waals surface area (Å²) in [6.07, 6.45) is 6.91. The Kier molecular flexibility index (Phi) is 3.77. The molecule has 1 amide bonds. The van der Waals surface area contributed by atoms with Crippen LogP contribution in [0.4, 0.5) is 0 Å². The van der Waals surface area contributed by atoms with Gasteiger partial charge in [-0.15, -0.1) is 0 Å². The van der Waals surface area contributed by atoms with Crippen LogP contribution in [0.15, 0.2) is 43.0 Å². The number of rotatable bonds is 4. The Morgan fingerprint density at radius 2 is 2.18 bits per heavy atom. The van der Waals surface area contributed by atoms with E-state index in [0.29, 0.717) is 17.1 Å². The highest BCUT2D eigenvalue weighted by Gasteiger charge is 2.08. The molecule has 0 radical (unpaired) electrons. The summed E-state index contributed by atoms with van der Waals surface area (Å²) in [5.41, 5.74) is 0.453. The molecule has 0 fully saturated rings. The molecule has 0 saturated heterocycles. The minimum Gasteiger partial charge on any atom is -0.353 e. The van der Waals surface area contributed by atoms with Crippen LogP contribution in [-0.2, 0) is 6.54 Å². The molecule has 0 bridgehead atoms. The number of carbonyl (C=O) groups is 1. The topological polar surface area (TPSA) is 46.9 Å². The number of nitrogens with zero attached hydrogens (tertiary/aromatic N) is 2. The first-order valence-corrected chi connectivity index (χ1v) is 5.63. The average molecular weight is 250 g/mol. The van der Waals surface area contributed by atoms with Gasteiger partial charge in [0.25, 0.3) is 5.91 Å². The monoisotopic (exact) mass is 249 g/mol. The van der Waals surface area contributed by atoms with Crippen molar-refractivity contribution in [2.75, 3.05) is 6.54 Å². The zero-order valence-corrected chi connectivity index (χ0v) is 9.89. The maximum Gasteiger partial charge on any atom is 0.252 e. The molecule has 0 atom stereocenters. The lowest BCUT2D eigenvalue weighted by Crippen LogP contribution is -2.27. The molecule has 0 aliphatic carbocycles. The molecular weight excluding hydrogens is 238 g/mol. The van der Waals surface area contributed by atoms with Crippen LogP contribution in [0.2, 0.25) is 5.02 Å². The van der Waals surface area contributed by atoms with Crippen LogP contribution in [-0.4, -0.2) is 22.0 Å². The Labute approximate surface area is 104 Å². The van der Waals surface area contributed by atoms with Crippen LogP contribution in [0, 0.1) is 0 Å².